The zero-order valence-corrected chi connectivity index (χ0v) is 32.4. The number of rotatable bonds is 6. The summed E-state index contributed by atoms with van der Waals surface area (Å²) in [7, 11) is 0. The summed E-state index contributed by atoms with van der Waals surface area (Å²) in [5.74, 6) is 2.80. The zero-order chi connectivity index (χ0) is 38.9. The molecule has 0 radical (unpaired) electrons. The van der Waals surface area contributed by atoms with Gasteiger partial charge in [0, 0.05) is 64.6 Å². The molecule has 0 atom stereocenters. The largest absolute Gasteiger partial charge is 0.309 e. The van der Waals surface area contributed by atoms with E-state index in [1.165, 1.54) is 26.5 Å². The van der Waals surface area contributed by atoms with Crippen LogP contribution >= 0.6 is 11.3 Å². The molecule has 12 aromatic rings. The Morgan fingerprint density at radius 1 is 0.356 bits per heavy atom. The van der Waals surface area contributed by atoms with E-state index in [-0.39, 0.29) is 0 Å². The second kappa shape index (κ2) is 13.4. The number of thiophene rings is 1. The number of benzene rings is 8. The highest BCUT2D eigenvalue weighted by molar-refractivity contribution is 7.26. The highest BCUT2D eigenvalue weighted by Crippen LogP contribution is 2.44. The maximum atomic E-state index is 5.25. The van der Waals surface area contributed by atoms with Crippen LogP contribution in [-0.4, -0.2) is 29.1 Å². The summed E-state index contributed by atoms with van der Waals surface area (Å²) >= 11 is 1.78. The lowest BCUT2D eigenvalue weighted by molar-refractivity contribution is 1.07. The molecule has 0 saturated carbocycles. The molecule has 4 aromatic heterocycles. The van der Waals surface area contributed by atoms with Crippen molar-refractivity contribution in [3.63, 3.8) is 0 Å². The molecule has 0 bridgehead atoms. The van der Waals surface area contributed by atoms with Gasteiger partial charge in [0.1, 0.15) is 5.82 Å². The molecule has 59 heavy (non-hydrogen) atoms. The Bertz CT molecular complexity index is 3490. The van der Waals surface area contributed by atoms with Crippen LogP contribution in [0.1, 0.15) is 0 Å². The number of nitrogens with zero attached hydrogens (tertiary/aromatic N) is 6. The summed E-state index contributed by atoms with van der Waals surface area (Å²) in [6.45, 7) is 0. The van der Waals surface area contributed by atoms with E-state index in [1.807, 2.05) is 30.3 Å². The summed E-state index contributed by atoms with van der Waals surface area (Å²) in [4.78, 5) is 20.8. The molecule has 0 N–H and O–H groups in total. The Balaban J connectivity index is 1.03. The van der Waals surface area contributed by atoms with Crippen LogP contribution in [0.3, 0.4) is 0 Å². The first-order valence-electron chi connectivity index (χ1n) is 19.7. The fourth-order valence-electron chi connectivity index (χ4n) is 8.56. The molecule has 6 nitrogen and oxygen atoms in total. The Labute approximate surface area is 343 Å². The summed E-state index contributed by atoms with van der Waals surface area (Å²) in [6, 6.07) is 67.7. The molecule has 0 amide bonds. The standard InChI is InChI=1S/C52H32N6S/c1-3-15-33(16-4-1)49-54-50(34-29-31-36(32-30-34)57-43-25-10-7-19-37(43)38-20-8-11-26-44(38)57)56-51(55-49)40-22-14-28-46-47(40)39-21-13-23-41(48(39)59-46)52-53-42-24-9-12-27-45(42)58(52)35-17-5-2-6-18-35/h1-32H. The quantitative estimate of drug-likeness (QED) is 0.169. The third-order valence-electron chi connectivity index (χ3n) is 11.2. The van der Waals surface area contributed by atoms with E-state index in [4.69, 9.17) is 19.9 Å². The van der Waals surface area contributed by atoms with Gasteiger partial charge in [-0.2, -0.15) is 0 Å². The van der Waals surface area contributed by atoms with Crippen molar-refractivity contribution in [2.75, 3.05) is 0 Å². The van der Waals surface area contributed by atoms with E-state index >= 15 is 0 Å². The molecule has 7 heteroatoms. The maximum Gasteiger partial charge on any atom is 0.164 e. The van der Waals surface area contributed by atoms with Crippen molar-refractivity contribution in [2.24, 2.45) is 0 Å². The maximum absolute atomic E-state index is 5.25. The van der Waals surface area contributed by atoms with E-state index in [0.29, 0.717) is 17.5 Å². The Hall–Kier alpha value is -7.74. The van der Waals surface area contributed by atoms with Gasteiger partial charge in [0.25, 0.3) is 0 Å². The third-order valence-corrected chi connectivity index (χ3v) is 12.4. The van der Waals surface area contributed by atoms with E-state index in [2.05, 4.69) is 173 Å². The number of imidazole rings is 1. The smallest absolute Gasteiger partial charge is 0.164 e. The predicted molar refractivity (Wildman–Crippen MR) is 243 cm³/mol. The lowest BCUT2D eigenvalue weighted by atomic mass is 10.0. The molecular weight excluding hydrogens is 741 g/mol. The minimum atomic E-state index is 0.622. The molecule has 0 saturated heterocycles. The van der Waals surface area contributed by atoms with Gasteiger partial charge in [-0.3, -0.25) is 4.57 Å². The number of para-hydroxylation sites is 5. The van der Waals surface area contributed by atoms with Gasteiger partial charge in [0.2, 0.25) is 0 Å². The van der Waals surface area contributed by atoms with Gasteiger partial charge < -0.3 is 4.57 Å². The monoisotopic (exact) mass is 772 g/mol. The molecule has 0 aliphatic rings. The van der Waals surface area contributed by atoms with Crippen molar-refractivity contribution >= 4 is 64.3 Å². The second-order valence-electron chi connectivity index (χ2n) is 14.6. The van der Waals surface area contributed by atoms with Crippen molar-refractivity contribution in [3.05, 3.63) is 194 Å². The normalized spacial score (nSPS) is 11.7. The fraction of sp³-hybridized carbons (Fsp3) is 0. The zero-order valence-electron chi connectivity index (χ0n) is 31.6. The Morgan fingerprint density at radius 2 is 0.898 bits per heavy atom. The molecule has 0 aliphatic heterocycles. The van der Waals surface area contributed by atoms with Gasteiger partial charge in [-0.25, -0.2) is 19.9 Å². The topological polar surface area (TPSA) is 61.4 Å². The van der Waals surface area contributed by atoms with Crippen molar-refractivity contribution in [1.82, 2.24) is 29.1 Å². The van der Waals surface area contributed by atoms with Crippen LogP contribution < -0.4 is 0 Å². The van der Waals surface area contributed by atoms with Crippen LogP contribution in [0, 0.1) is 0 Å². The van der Waals surface area contributed by atoms with E-state index < -0.39 is 0 Å². The number of hydrogen-bond donors (Lipinski definition) is 0. The minimum Gasteiger partial charge on any atom is -0.309 e. The summed E-state index contributed by atoms with van der Waals surface area (Å²) in [5.41, 5.74) is 10.4. The molecule has 12 rings (SSSR count). The van der Waals surface area contributed by atoms with Gasteiger partial charge in [-0.15, -0.1) is 11.3 Å². The molecule has 0 aliphatic carbocycles. The van der Waals surface area contributed by atoms with Crippen LogP contribution in [0.5, 0.6) is 0 Å². The van der Waals surface area contributed by atoms with Crippen molar-refractivity contribution in [1.29, 1.82) is 0 Å². The van der Waals surface area contributed by atoms with Crippen molar-refractivity contribution in [2.45, 2.75) is 0 Å². The van der Waals surface area contributed by atoms with Gasteiger partial charge in [0.15, 0.2) is 17.5 Å². The fourth-order valence-corrected chi connectivity index (χ4v) is 9.80. The molecular formula is C52H32N6S. The molecule has 4 heterocycles. The Morgan fingerprint density at radius 3 is 1.63 bits per heavy atom. The van der Waals surface area contributed by atoms with Gasteiger partial charge in [-0.05, 0) is 72.8 Å². The summed E-state index contributed by atoms with van der Waals surface area (Å²) in [6.07, 6.45) is 0. The minimum absolute atomic E-state index is 0.622. The van der Waals surface area contributed by atoms with Crippen molar-refractivity contribution < 1.29 is 0 Å². The number of fused-ring (bicyclic) bond motifs is 7. The van der Waals surface area contributed by atoms with Crippen LogP contribution in [0.2, 0.25) is 0 Å². The van der Waals surface area contributed by atoms with Gasteiger partial charge in [0.05, 0.1) is 22.1 Å². The molecule has 0 unspecified atom stereocenters. The van der Waals surface area contributed by atoms with Crippen LogP contribution in [-0.2, 0) is 0 Å². The average Bonchev–Trinajstić information content (AvgIpc) is 4.00. The molecule has 0 fully saturated rings. The SMILES string of the molecule is c1ccc(-c2nc(-c3ccc(-n4c5ccccc5c5ccccc54)cc3)nc(-c3cccc4sc5c(-c6nc7ccccc7n6-c6ccccc6)cccc5c34)n2)cc1. The molecule has 0 spiro atoms. The van der Waals surface area contributed by atoms with Crippen molar-refractivity contribution in [3.8, 4) is 56.9 Å². The second-order valence-corrected chi connectivity index (χ2v) is 15.7. The van der Waals surface area contributed by atoms with Crippen LogP contribution in [0.15, 0.2) is 194 Å². The Kier molecular flexibility index (Phi) is 7.61. The lowest BCUT2D eigenvalue weighted by Gasteiger charge is -2.11. The number of aromatic nitrogens is 6. The highest BCUT2D eigenvalue weighted by Gasteiger charge is 2.22. The van der Waals surface area contributed by atoms with Gasteiger partial charge >= 0.3 is 0 Å². The first-order valence-corrected chi connectivity index (χ1v) is 20.5. The van der Waals surface area contributed by atoms with Crippen LogP contribution in [0.4, 0.5) is 0 Å². The predicted octanol–water partition coefficient (Wildman–Crippen LogP) is 13.3. The summed E-state index contributed by atoms with van der Waals surface area (Å²) in [5, 5.41) is 4.73. The highest BCUT2D eigenvalue weighted by atomic mass is 32.1. The van der Waals surface area contributed by atoms with Gasteiger partial charge in [-0.1, -0.05) is 121 Å². The van der Waals surface area contributed by atoms with E-state index in [1.54, 1.807) is 11.3 Å². The van der Waals surface area contributed by atoms with E-state index in [0.717, 1.165) is 66.0 Å². The van der Waals surface area contributed by atoms with Crippen LogP contribution in [0.25, 0.3) is 110 Å². The molecule has 8 aromatic carbocycles. The number of hydrogen-bond acceptors (Lipinski definition) is 5. The van der Waals surface area contributed by atoms with E-state index in [9.17, 15) is 0 Å². The summed E-state index contributed by atoms with van der Waals surface area (Å²) < 4.78 is 6.92. The first kappa shape index (κ1) is 33.4. The average molecular weight is 773 g/mol. The first-order chi connectivity index (χ1) is 29.3. The lowest BCUT2D eigenvalue weighted by Crippen LogP contribution is -2.01. The third kappa shape index (κ3) is 5.40. The molecule has 276 valence electrons.